The highest BCUT2D eigenvalue weighted by atomic mass is 32.2. The van der Waals surface area contributed by atoms with Gasteiger partial charge in [0.05, 0.1) is 12.3 Å². The molecule has 142 valence electrons. The van der Waals surface area contributed by atoms with Crippen molar-refractivity contribution in [3.8, 4) is 5.75 Å². The number of guanidine groups is 1. The molecule has 0 aliphatic rings. The third-order valence-corrected chi connectivity index (χ3v) is 4.74. The van der Waals surface area contributed by atoms with Gasteiger partial charge in [-0.05, 0) is 30.9 Å². The average Bonchev–Trinajstić information content (AvgIpc) is 2.53. The van der Waals surface area contributed by atoms with Gasteiger partial charge in [-0.2, -0.15) is 0 Å². The van der Waals surface area contributed by atoms with E-state index in [9.17, 15) is 8.42 Å². The molecule has 0 radical (unpaired) electrons. The van der Waals surface area contributed by atoms with Crippen molar-refractivity contribution in [2.24, 2.45) is 10.4 Å². The summed E-state index contributed by atoms with van der Waals surface area (Å²) in [6.45, 7) is 7.91. The lowest BCUT2D eigenvalue weighted by Crippen LogP contribution is -2.43. The molecule has 1 aromatic carbocycles. The highest BCUT2D eigenvalue weighted by molar-refractivity contribution is 7.90. The molecule has 0 unspecified atom stereocenters. The molecule has 0 aromatic heterocycles. The first-order valence-electron chi connectivity index (χ1n) is 8.43. The topological polar surface area (TPSA) is 79.8 Å². The van der Waals surface area contributed by atoms with Crippen molar-refractivity contribution in [3.05, 3.63) is 29.8 Å². The molecule has 0 amide bonds. The van der Waals surface area contributed by atoms with E-state index >= 15 is 0 Å². The highest BCUT2D eigenvalue weighted by Gasteiger charge is 2.20. The number of nitrogens with one attached hydrogen (secondary N) is 2. The second kappa shape index (κ2) is 9.65. The van der Waals surface area contributed by atoms with Gasteiger partial charge < -0.3 is 15.4 Å². The maximum absolute atomic E-state index is 11.3. The number of sulfone groups is 1. The van der Waals surface area contributed by atoms with Crippen molar-refractivity contribution in [2.45, 2.75) is 27.2 Å². The van der Waals surface area contributed by atoms with Crippen LogP contribution in [0.3, 0.4) is 0 Å². The van der Waals surface area contributed by atoms with Gasteiger partial charge in [0.15, 0.2) is 5.96 Å². The molecule has 2 N–H and O–H groups in total. The number of nitrogens with zero attached hydrogens (tertiary/aromatic N) is 1. The zero-order valence-electron chi connectivity index (χ0n) is 15.9. The van der Waals surface area contributed by atoms with E-state index in [1.807, 2.05) is 45.0 Å². The van der Waals surface area contributed by atoms with Gasteiger partial charge in [-0.25, -0.2) is 8.42 Å². The molecule has 0 heterocycles. The first kappa shape index (κ1) is 21.3. The summed E-state index contributed by atoms with van der Waals surface area (Å²) < 4.78 is 28.3. The van der Waals surface area contributed by atoms with E-state index in [0.717, 1.165) is 5.75 Å². The minimum Gasteiger partial charge on any atom is -0.492 e. The molecule has 25 heavy (non-hydrogen) atoms. The van der Waals surface area contributed by atoms with Gasteiger partial charge in [0.2, 0.25) is 0 Å². The standard InChI is InChI=1S/C18H31N3O3S/c1-15-6-8-16(9-7-15)24-12-11-20-17(19-4)21-14-18(2,3)10-13-25(5,22)23/h6-9H,10-14H2,1-5H3,(H2,19,20,21). The molecule has 0 bridgehead atoms. The van der Waals surface area contributed by atoms with Crippen molar-refractivity contribution in [1.29, 1.82) is 0 Å². The SMILES string of the molecule is CN=C(NCCOc1ccc(C)cc1)NCC(C)(C)CCS(C)(=O)=O. The number of ether oxygens (including phenoxy) is 1. The van der Waals surface area contributed by atoms with Gasteiger partial charge in [0, 0.05) is 19.8 Å². The monoisotopic (exact) mass is 369 g/mol. The van der Waals surface area contributed by atoms with Gasteiger partial charge in [0.1, 0.15) is 22.2 Å². The van der Waals surface area contributed by atoms with Crippen molar-refractivity contribution in [2.75, 3.05) is 38.8 Å². The summed E-state index contributed by atoms with van der Waals surface area (Å²) in [5, 5.41) is 6.43. The Kier molecular flexibility index (Phi) is 8.22. The number of hydrogen-bond donors (Lipinski definition) is 2. The van der Waals surface area contributed by atoms with Crippen LogP contribution in [0.2, 0.25) is 0 Å². The van der Waals surface area contributed by atoms with E-state index in [1.54, 1.807) is 7.05 Å². The second-order valence-electron chi connectivity index (χ2n) is 7.06. The van der Waals surface area contributed by atoms with E-state index in [2.05, 4.69) is 15.6 Å². The molecule has 0 saturated carbocycles. The summed E-state index contributed by atoms with van der Waals surface area (Å²) in [6.07, 6.45) is 1.87. The fourth-order valence-electron chi connectivity index (χ4n) is 2.07. The Bertz CT molecular complexity index is 653. The van der Waals surface area contributed by atoms with Crippen LogP contribution in [0.15, 0.2) is 29.3 Å². The molecule has 0 aliphatic heterocycles. The van der Waals surface area contributed by atoms with Gasteiger partial charge in [-0.15, -0.1) is 0 Å². The van der Waals surface area contributed by atoms with Crippen LogP contribution in [0.4, 0.5) is 0 Å². The predicted molar refractivity (Wildman–Crippen MR) is 104 cm³/mol. The van der Waals surface area contributed by atoms with Crippen LogP contribution in [-0.2, 0) is 9.84 Å². The number of aliphatic imine (C=N–C) groups is 1. The van der Waals surface area contributed by atoms with Crippen LogP contribution in [0, 0.1) is 12.3 Å². The Morgan fingerprint density at radius 1 is 1.20 bits per heavy atom. The average molecular weight is 370 g/mol. The lowest BCUT2D eigenvalue weighted by Gasteiger charge is -2.25. The lowest BCUT2D eigenvalue weighted by atomic mass is 9.90. The van der Waals surface area contributed by atoms with Crippen LogP contribution in [0.1, 0.15) is 25.8 Å². The third kappa shape index (κ3) is 9.96. The second-order valence-corrected chi connectivity index (χ2v) is 9.32. The molecule has 0 saturated heterocycles. The number of benzene rings is 1. The third-order valence-electron chi connectivity index (χ3n) is 3.79. The zero-order chi connectivity index (χ0) is 18.9. The summed E-state index contributed by atoms with van der Waals surface area (Å²) in [7, 11) is -1.23. The molecule has 6 nitrogen and oxygen atoms in total. The van der Waals surface area contributed by atoms with E-state index in [1.165, 1.54) is 11.8 Å². The molecule has 0 fully saturated rings. The van der Waals surface area contributed by atoms with Crippen molar-refractivity contribution < 1.29 is 13.2 Å². The smallest absolute Gasteiger partial charge is 0.191 e. The first-order chi connectivity index (χ1) is 11.6. The summed E-state index contributed by atoms with van der Waals surface area (Å²) in [4.78, 5) is 4.18. The van der Waals surface area contributed by atoms with Crippen molar-refractivity contribution in [1.82, 2.24) is 10.6 Å². The normalized spacial score (nSPS) is 12.8. The van der Waals surface area contributed by atoms with Crippen LogP contribution >= 0.6 is 0 Å². The molecule has 1 rings (SSSR count). The van der Waals surface area contributed by atoms with Crippen LogP contribution in [0.5, 0.6) is 5.75 Å². The fourth-order valence-corrected chi connectivity index (χ4v) is 2.99. The van der Waals surface area contributed by atoms with Gasteiger partial charge >= 0.3 is 0 Å². The fraction of sp³-hybridized carbons (Fsp3) is 0.611. The Morgan fingerprint density at radius 3 is 2.40 bits per heavy atom. The van der Waals surface area contributed by atoms with Crippen molar-refractivity contribution >= 4 is 15.8 Å². The summed E-state index contributed by atoms with van der Waals surface area (Å²) in [6, 6.07) is 7.93. The molecule has 7 heteroatoms. The molecule has 0 spiro atoms. The van der Waals surface area contributed by atoms with Crippen LogP contribution < -0.4 is 15.4 Å². The van der Waals surface area contributed by atoms with Gasteiger partial charge in [-0.1, -0.05) is 31.5 Å². The maximum Gasteiger partial charge on any atom is 0.191 e. The minimum absolute atomic E-state index is 0.140. The van der Waals surface area contributed by atoms with E-state index < -0.39 is 9.84 Å². The zero-order valence-corrected chi connectivity index (χ0v) is 16.7. The Labute approximate surface area is 152 Å². The number of rotatable bonds is 9. The molecule has 0 atom stereocenters. The van der Waals surface area contributed by atoms with Gasteiger partial charge in [0.25, 0.3) is 0 Å². The first-order valence-corrected chi connectivity index (χ1v) is 10.5. The quantitative estimate of drug-likeness (QED) is 0.395. The summed E-state index contributed by atoms with van der Waals surface area (Å²) >= 11 is 0. The van der Waals surface area contributed by atoms with E-state index in [-0.39, 0.29) is 11.2 Å². The predicted octanol–water partition coefficient (Wildman–Crippen LogP) is 2.00. The number of aryl methyl sites for hydroxylation is 1. The van der Waals surface area contributed by atoms with Crippen LogP contribution in [-0.4, -0.2) is 53.1 Å². The van der Waals surface area contributed by atoms with E-state index in [0.29, 0.717) is 32.1 Å². The maximum atomic E-state index is 11.3. The van der Waals surface area contributed by atoms with Crippen LogP contribution in [0.25, 0.3) is 0 Å². The highest BCUT2D eigenvalue weighted by Crippen LogP contribution is 2.19. The summed E-state index contributed by atoms with van der Waals surface area (Å²) in [5.74, 6) is 1.72. The Balaban J connectivity index is 2.31. The lowest BCUT2D eigenvalue weighted by molar-refractivity contribution is 0.320. The van der Waals surface area contributed by atoms with E-state index in [4.69, 9.17) is 4.74 Å². The Morgan fingerprint density at radius 2 is 1.84 bits per heavy atom. The Hall–Kier alpha value is -1.76. The molecule has 0 aliphatic carbocycles. The number of hydrogen-bond acceptors (Lipinski definition) is 4. The van der Waals surface area contributed by atoms with Gasteiger partial charge in [-0.3, -0.25) is 4.99 Å². The van der Waals surface area contributed by atoms with Crippen molar-refractivity contribution in [3.63, 3.8) is 0 Å². The minimum atomic E-state index is -2.94. The largest absolute Gasteiger partial charge is 0.492 e. The molecular weight excluding hydrogens is 338 g/mol. The molecule has 1 aromatic rings. The summed E-state index contributed by atoms with van der Waals surface area (Å²) in [5.41, 5.74) is 1.06. The molecular formula is C18H31N3O3S.